The van der Waals surface area contributed by atoms with Gasteiger partial charge in [-0.2, -0.15) is 5.26 Å². The minimum atomic E-state index is -3.89. The fraction of sp³-hybridized carbons (Fsp3) is 0.188. The molecule has 6 nitrogen and oxygen atoms in total. The molecule has 1 N–H and O–H groups in total. The molecule has 0 atom stereocenters. The predicted molar refractivity (Wildman–Crippen MR) is 85.2 cm³/mol. The quantitative estimate of drug-likeness (QED) is 0.477. The molecule has 0 saturated carbocycles. The van der Waals surface area contributed by atoms with Gasteiger partial charge in [0, 0.05) is 12.7 Å². The van der Waals surface area contributed by atoms with E-state index in [1.807, 2.05) is 4.72 Å². The molecule has 2 aromatic rings. The summed E-state index contributed by atoms with van der Waals surface area (Å²) in [7, 11) is -2.31. The molecule has 0 aliphatic rings. The molecule has 0 aliphatic carbocycles. The smallest absolute Gasteiger partial charge is 0.270 e. The van der Waals surface area contributed by atoms with Gasteiger partial charge in [-0.25, -0.2) is 13.1 Å². The second kappa shape index (κ2) is 7.63. The average Bonchev–Trinajstić information content (AvgIpc) is 2.55. The minimum absolute atomic E-state index is 0.0376. The Bertz CT molecular complexity index is 813. The van der Waals surface area contributed by atoms with Crippen molar-refractivity contribution >= 4 is 10.0 Å². The Morgan fingerprint density at radius 3 is 2.65 bits per heavy atom. The fourth-order valence-electron chi connectivity index (χ4n) is 2.05. The Hall–Kier alpha value is -2.56. The number of sulfonamides is 1. The molecule has 2 aromatic carbocycles. The van der Waals surface area contributed by atoms with Crippen LogP contribution < -0.4 is 9.46 Å². The van der Waals surface area contributed by atoms with E-state index in [1.54, 1.807) is 49.6 Å². The van der Waals surface area contributed by atoms with Gasteiger partial charge in [-0.05, 0) is 23.8 Å². The van der Waals surface area contributed by atoms with Crippen LogP contribution in [0, 0.1) is 11.5 Å². The summed E-state index contributed by atoms with van der Waals surface area (Å²) in [5, 5.41) is 8.62. The Balaban J connectivity index is 2.40. The Labute approximate surface area is 135 Å². The number of hydrogen-bond acceptors (Lipinski definition) is 5. The zero-order valence-electron chi connectivity index (χ0n) is 12.5. The molecule has 0 aliphatic heterocycles. The second-order valence-electron chi connectivity index (χ2n) is 4.58. The lowest BCUT2D eigenvalue weighted by Gasteiger charge is -2.11. The van der Waals surface area contributed by atoms with Crippen LogP contribution in [0.25, 0.3) is 11.1 Å². The minimum Gasteiger partial charge on any atom is -0.491 e. The molecule has 0 aromatic heterocycles. The van der Waals surface area contributed by atoms with Gasteiger partial charge in [0.05, 0.1) is 11.5 Å². The van der Waals surface area contributed by atoms with Gasteiger partial charge in [-0.1, -0.05) is 30.3 Å². The number of hydrogen-bond donors (Lipinski definition) is 1. The molecular weight excluding hydrogens is 316 g/mol. The van der Waals surface area contributed by atoms with E-state index in [4.69, 9.17) is 14.7 Å². The van der Waals surface area contributed by atoms with Crippen LogP contribution in [0.2, 0.25) is 0 Å². The van der Waals surface area contributed by atoms with E-state index in [0.29, 0.717) is 30.1 Å². The first-order valence-corrected chi connectivity index (χ1v) is 8.29. The van der Waals surface area contributed by atoms with E-state index in [0.717, 1.165) is 0 Å². The number of ether oxygens (including phenoxy) is 2. The molecule has 2 rings (SSSR count). The normalized spacial score (nSPS) is 10.8. The second-order valence-corrected chi connectivity index (χ2v) is 6.23. The summed E-state index contributed by atoms with van der Waals surface area (Å²) in [6.45, 7) is 0.858. The lowest BCUT2D eigenvalue weighted by atomic mass is 10.1. The Kier molecular flexibility index (Phi) is 5.57. The van der Waals surface area contributed by atoms with Crippen molar-refractivity contribution in [3.8, 4) is 23.1 Å². The molecule has 0 fully saturated rings. The molecular formula is C16H16N2O4S. The Morgan fingerprint density at radius 2 is 1.91 bits per heavy atom. The number of rotatable bonds is 7. The van der Waals surface area contributed by atoms with Crippen molar-refractivity contribution in [1.29, 1.82) is 5.26 Å². The van der Waals surface area contributed by atoms with E-state index in [2.05, 4.69) is 0 Å². The molecule has 0 spiro atoms. The van der Waals surface area contributed by atoms with E-state index in [1.165, 1.54) is 12.3 Å². The van der Waals surface area contributed by atoms with Gasteiger partial charge in [-0.3, -0.25) is 0 Å². The van der Waals surface area contributed by atoms with Crippen molar-refractivity contribution < 1.29 is 17.9 Å². The van der Waals surface area contributed by atoms with Crippen molar-refractivity contribution in [2.24, 2.45) is 0 Å². The van der Waals surface area contributed by atoms with Crippen LogP contribution in [0.15, 0.2) is 53.4 Å². The number of methoxy groups -OCH3 is 1. The molecule has 0 radical (unpaired) electrons. The van der Waals surface area contributed by atoms with Crippen LogP contribution in [-0.2, 0) is 14.8 Å². The molecule has 0 unspecified atom stereocenters. The van der Waals surface area contributed by atoms with Gasteiger partial charge >= 0.3 is 0 Å². The summed E-state index contributed by atoms with van der Waals surface area (Å²) in [6.07, 6.45) is 1.45. The van der Waals surface area contributed by atoms with Gasteiger partial charge in [0.15, 0.2) is 6.19 Å². The molecule has 0 heterocycles. The van der Waals surface area contributed by atoms with E-state index in [9.17, 15) is 8.42 Å². The standard InChI is InChI=1S/C16H16N2O4S/c1-21-9-10-22-14-6-4-5-13(11-14)15-7-2-3-8-16(15)23(19,20)18-12-17/h2-8,11,18H,9-10H2,1H3. The van der Waals surface area contributed by atoms with Gasteiger partial charge < -0.3 is 9.47 Å². The highest BCUT2D eigenvalue weighted by molar-refractivity contribution is 7.89. The van der Waals surface area contributed by atoms with Crippen molar-refractivity contribution in [1.82, 2.24) is 4.72 Å². The van der Waals surface area contributed by atoms with Crippen LogP contribution >= 0.6 is 0 Å². The zero-order chi connectivity index (χ0) is 16.7. The SMILES string of the molecule is COCCOc1cccc(-c2ccccc2S(=O)(=O)NC#N)c1. The number of benzene rings is 2. The fourth-order valence-corrected chi connectivity index (χ4v) is 3.01. The topological polar surface area (TPSA) is 88.4 Å². The number of nitriles is 1. The molecule has 120 valence electrons. The van der Waals surface area contributed by atoms with E-state index >= 15 is 0 Å². The highest BCUT2D eigenvalue weighted by Gasteiger charge is 2.18. The van der Waals surface area contributed by atoms with Gasteiger partial charge in [-0.15, -0.1) is 0 Å². The highest BCUT2D eigenvalue weighted by atomic mass is 32.2. The molecule has 0 amide bonds. The van der Waals surface area contributed by atoms with Crippen molar-refractivity contribution in [3.63, 3.8) is 0 Å². The maximum Gasteiger partial charge on any atom is 0.270 e. The third-order valence-electron chi connectivity index (χ3n) is 3.06. The summed E-state index contributed by atoms with van der Waals surface area (Å²) < 4.78 is 36.6. The largest absolute Gasteiger partial charge is 0.491 e. The third kappa shape index (κ3) is 4.22. The first-order chi connectivity index (χ1) is 11.1. The van der Waals surface area contributed by atoms with Crippen LogP contribution in [0.5, 0.6) is 5.75 Å². The summed E-state index contributed by atoms with van der Waals surface area (Å²) in [6, 6.07) is 13.6. The first kappa shape index (κ1) is 16.8. The van der Waals surface area contributed by atoms with Gasteiger partial charge in [0.1, 0.15) is 12.4 Å². The predicted octanol–water partition coefficient (Wildman–Crippen LogP) is 2.14. The average molecular weight is 332 g/mol. The maximum absolute atomic E-state index is 12.1. The molecule has 7 heteroatoms. The van der Waals surface area contributed by atoms with Crippen LogP contribution in [0.4, 0.5) is 0 Å². The number of nitrogens with zero attached hydrogens (tertiary/aromatic N) is 1. The molecule has 0 bridgehead atoms. The van der Waals surface area contributed by atoms with Crippen molar-refractivity contribution in [2.45, 2.75) is 4.90 Å². The summed E-state index contributed by atoms with van der Waals surface area (Å²) in [4.78, 5) is 0.0376. The summed E-state index contributed by atoms with van der Waals surface area (Å²) >= 11 is 0. The van der Waals surface area contributed by atoms with Crippen molar-refractivity contribution in [3.05, 3.63) is 48.5 Å². The van der Waals surface area contributed by atoms with Crippen LogP contribution in [0.1, 0.15) is 0 Å². The maximum atomic E-state index is 12.1. The number of nitrogens with one attached hydrogen (secondary N) is 1. The third-order valence-corrected chi connectivity index (χ3v) is 4.35. The lowest BCUT2D eigenvalue weighted by molar-refractivity contribution is 0.146. The highest BCUT2D eigenvalue weighted by Crippen LogP contribution is 2.29. The van der Waals surface area contributed by atoms with Crippen LogP contribution in [0.3, 0.4) is 0 Å². The lowest BCUT2D eigenvalue weighted by Crippen LogP contribution is -2.18. The van der Waals surface area contributed by atoms with Gasteiger partial charge in [0.2, 0.25) is 0 Å². The summed E-state index contributed by atoms with van der Waals surface area (Å²) in [5.74, 6) is 0.611. The first-order valence-electron chi connectivity index (χ1n) is 6.80. The summed E-state index contributed by atoms with van der Waals surface area (Å²) in [5.41, 5.74) is 1.17. The van der Waals surface area contributed by atoms with Crippen LogP contribution in [-0.4, -0.2) is 28.7 Å². The monoisotopic (exact) mass is 332 g/mol. The van der Waals surface area contributed by atoms with E-state index in [-0.39, 0.29) is 4.90 Å². The Morgan fingerprint density at radius 1 is 1.13 bits per heavy atom. The molecule has 23 heavy (non-hydrogen) atoms. The van der Waals surface area contributed by atoms with E-state index < -0.39 is 10.0 Å². The van der Waals surface area contributed by atoms with Gasteiger partial charge in [0.25, 0.3) is 10.0 Å². The van der Waals surface area contributed by atoms with Crippen molar-refractivity contribution in [2.75, 3.05) is 20.3 Å². The molecule has 0 saturated heterocycles. The zero-order valence-corrected chi connectivity index (χ0v) is 13.3.